The molecule has 0 bridgehead atoms. The molecule has 0 amide bonds. The summed E-state index contributed by atoms with van der Waals surface area (Å²) in [5, 5.41) is 0. The summed E-state index contributed by atoms with van der Waals surface area (Å²) >= 11 is 0. The summed E-state index contributed by atoms with van der Waals surface area (Å²) in [5.41, 5.74) is 1.07. The molecule has 0 spiro atoms. The van der Waals surface area contributed by atoms with E-state index in [-0.39, 0.29) is 29.8 Å². The minimum atomic E-state index is -0.961. The SMILES string of the molecule is CCc1ccc(C2CCC(COc3ccc(C)c(F)c3F)CC2)c(F)c1F. The maximum Gasteiger partial charge on any atom is 0.200 e. The van der Waals surface area contributed by atoms with Crippen molar-refractivity contribution in [2.24, 2.45) is 5.92 Å². The molecule has 5 heteroatoms. The fourth-order valence-corrected chi connectivity index (χ4v) is 3.78. The molecule has 1 nitrogen and oxygen atoms in total. The lowest BCUT2D eigenvalue weighted by molar-refractivity contribution is 0.191. The number of ether oxygens (including phenoxy) is 1. The van der Waals surface area contributed by atoms with E-state index in [0.29, 0.717) is 17.5 Å². The lowest BCUT2D eigenvalue weighted by Gasteiger charge is -2.29. The van der Waals surface area contributed by atoms with Crippen LogP contribution in [0.15, 0.2) is 24.3 Å². The van der Waals surface area contributed by atoms with Crippen LogP contribution < -0.4 is 4.74 Å². The fraction of sp³-hybridized carbons (Fsp3) is 0.455. The quantitative estimate of drug-likeness (QED) is 0.541. The van der Waals surface area contributed by atoms with Crippen molar-refractivity contribution in [1.82, 2.24) is 0 Å². The van der Waals surface area contributed by atoms with Crippen LogP contribution in [-0.2, 0) is 6.42 Å². The standard InChI is InChI=1S/C22H24F4O/c1-3-15-9-10-17(21(25)20(15)24)16-7-5-14(6-8-16)12-27-18-11-4-13(2)19(23)22(18)26/h4,9-11,14,16H,3,5-8,12H2,1-2H3. The van der Waals surface area contributed by atoms with Gasteiger partial charge in [-0.1, -0.05) is 25.1 Å². The molecule has 1 saturated carbocycles. The summed E-state index contributed by atoms with van der Waals surface area (Å²) < 4.78 is 61.3. The van der Waals surface area contributed by atoms with Gasteiger partial charge < -0.3 is 4.74 Å². The van der Waals surface area contributed by atoms with Crippen molar-refractivity contribution >= 4 is 0 Å². The van der Waals surface area contributed by atoms with Gasteiger partial charge in [0.25, 0.3) is 0 Å². The Morgan fingerprint density at radius 2 is 1.56 bits per heavy atom. The van der Waals surface area contributed by atoms with Gasteiger partial charge in [0.05, 0.1) is 6.61 Å². The molecular weight excluding hydrogens is 356 g/mol. The minimum Gasteiger partial charge on any atom is -0.490 e. The van der Waals surface area contributed by atoms with E-state index in [0.717, 1.165) is 25.7 Å². The van der Waals surface area contributed by atoms with E-state index >= 15 is 0 Å². The van der Waals surface area contributed by atoms with E-state index in [2.05, 4.69) is 0 Å². The minimum absolute atomic E-state index is 0.0183. The molecule has 0 atom stereocenters. The van der Waals surface area contributed by atoms with Crippen LogP contribution >= 0.6 is 0 Å². The second-order valence-electron chi connectivity index (χ2n) is 7.33. The third kappa shape index (κ3) is 4.12. The summed E-state index contributed by atoms with van der Waals surface area (Å²) in [5.74, 6) is -3.23. The van der Waals surface area contributed by atoms with Gasteiger partial charge in [-0.05, 0) is 73.6 Å². The van der Waals surface area contributed by atoms with E-state index in [1.807, 2.05) is 0 Å². The molecule has 1 fully saturated rings. The number of aryl methyl sites for hydroxylation is 2. The van der Waals surface area contributed by atoms with E-state index in [9.17, 15) is 17.6 Å². The van der Waals surface area contributed by atoms with Crippen LogP contribution in [0.4, 0.5) is 17.6 Å². The molecule has 0 saturated heterocycles. The lowest BCUT2D eigenvalue weighted by Crippen LogP contribution is -2.20. The first kappa shape index (κ1) is 19.7. The van der Waals surface area contributed by atoms with Crippen LogP contribution in [0.25, 0.3) is 0 Å². The molecule has 0 heterocycles. The Balaban J connectivity index is 1.58. The normalized spacial score (nSPS) is 19.9. The highest BCUT2D eigenvalue weighted by Crippen LogP contribution is 2.38. The lowest BCUT2D eigenvalue weighted by atomic mass is 9.78. The Kier molecular flexibility index (Phi) is 6.08. The summed E-state index contributed by atoms with van der Waals surface area (Å²) in [6.45, 7) is 3.59. The molecule has 0 aromatic heterocycles. The van der Waals surface area contributed by atoms with Crippen LogP contribution in [-0.4, -0.2) is 6.61 Å². The number of benzene rings is 2. The van der Waals surface area contributed by atoms with Gasteiger partial charge in [-0.3, -0.25) is 0 Å². The molecule has 27 heavy (non-hydrogen) atoms. The van der Waals surface area contributed by atoms with E-state index < -0.39 is 23.3 Å². The van der Waals surface area contributed by atoms with Crippen molar-refractivity contribution < 1.29 is 22.3 Å². The number of hydrogen-bond donors (Lipinski definition) is 0. The van der Waals surface area contributed by atoms with Crippen molar-refractivity contribution in [1.29, 1.82) is 0 Å². The number of halogens is 4. The average Bonchev–Trinajstić information content (AvgIpc) is 2.68. The summed E-state index contributed by atoms with van der Waals surface area (Å²) in [4.78, 5) is 0. The molecule has 2 aromatic carbocycles. The van der Waals surface area contributed by atoms with E-state index in [1.165, 1.54) is 19.1 Å². The molecular formula is C22H24F4O. The van der Waals surface area contributed by atoms with Crippen molar-refractivity contribution in [3.63, 3.8) is 0 Å². The van der Waals surface area contributed by atoms with Gasteiger partial charge in [-0.25, -0.2) is 13.2 Å². The van der Waals surface area contributed by atoms with Gasteiger partial charge >= 0.3 is 0 Å². The number of hydrogen-bond acceptors (Lipinski definition) is 1. The van der Waals surface area contributed by atoms with Crippen molar-refractivity contribution in [3.8, 4) is 5.75 Å². The highest BCUT2D eigenvalue weighted by molar-refractivity contribution is 5.31. The van der Waals surface area contributed by atoms with Crippen LogP contribution in [0, 0.1) is 36.1 Å². The van der Waals surface area contributed by atoms with Crippen LogP contribution in [0.2, 0.25) is 0 Å². The van der Waals surface area contributed by atoms with Crippen LogP contribution in [0.1, 0.15) is 55.2 Å². The predicted octanol–water partition coefficient (Wildman–Crippen LogP) is 6.47. The highest BCUT2D eigenvalue weighted by atomic mass is 19.2. The maximum atomic E-state index is 14.3. The van der Waals surface area contributed by atoms with Crippen LogP contribution in [0.5, 0.6) is 5.75 Å². The Hall–Kier alpha value is -2.04. The van der Waals surface area contributed by atoms with Gasteiger partial charge in [0.15, 0.2) is 23.2 Å². The van der Waals surface area contributed by atoms with Gasteiger partial charge in [-0.15, -0.1) is 0 Å². The summed E-state index contributed by atoms with van der Waals surface area (Å²) in [6, 6.07) is 6.29. The summed E-state index contributed by atoms with van der Waals surface area (Å²) in [6.07, 6.45) is 3.46. The molecule has 0 unspecified atom stereocenters. The van der Waals surface area contributed by atoms with Crippen molar-refractivity contribution in [2.45, 2.75) is 51.9 Å². The third-order valence-corrected chi connectivity index (χ3v) is 5.57. The maximum absolute atomic E-state index is 14.3. The Morgan fingerprint density at radius 3 is 2.22 bits per heavy atom. The van der Waals surface area contributed by atoms with E-state index in [1.54, 1.807) is 19.1 Å². The van der Waals surface area contributed by atoms with E-state index in [4.69, 9.17) is 4.74 Å². The van der Waals surface area contributed by atoms with Gasteiger partial charge in [0, 0.05) is 0 Å². The smallest absolute Gasteiger partial charge is 0.200 e. The van der Waals surface area contributed by atoms with Crippen molar-refractivity contribution in [3.05, 3.63) is 64.2 Å². The molecule has 1 aliphatic rings. The van der Waals surface area contributed by atoms with Crippen molar-refractivity contribution in [2.75, 3.05) is 6.61 Å². The second kappa shape index (κ2) is 8.32. The first-order valence-electron chi connectivity index (χ1n) is 9.46. The third-order valence-electron chi connectivity index (χ3n) is 5.57. The van der Waals surface area contributed by atoms with Gasteiger partial charge in [-0.2, -0.15) is 4.39 Å². The first-order valence-corrected chi connectivity index (χ1v) is 9.46. The average molecular weight is 380 g/mol. The zero-order valence-corrected chi connectivity index (χ0v) is 15.6. The number of rotatable bonds is 5. The zero-order chi connectivity index (χ0) is 19.6. The predicted molar refractivity (Wildman–Crippen MR) is 97.0 cm³/mol. The van der Waals surface area contributed by atoms with Gasteiger partial charge in [0.2, 0.25) is 5.82 Å². The topological polar surface area (TPSA) is 9.23 Å². The summed E-state index contributed by atoms with van der Waals surface area (Å²) in [7, 11) is 0. The molecule has 0 N–H and O–H groups in total. The molecule has 1 aliphatic carbocycles. The Labute approximate surface area is 157 Å². The van der Waals surface area contributed by atoms with Gasteiger partial charge in [0.1, 0.15) is 0 Å². The molecule has 0 radical (unpaired) electrons. The Morgan fingerprint density at radius 1 is 0.852 bits per heavy atom. The fourth-order valence-electron chi connectivity index (χ4n) is 3.78. The highest BCUT2D eigenvalue weighted by Gasteiger charge is 2.27. The monoisotopic (exact) mass is 380 g/mol. The molecule has 0 aliphatic heterocycles. The first-order chi connectivity index (χ1) is 12.9. The largest absolute Gasteiger partial charge is 0.490 e. The zero-order valence-electron chi connectivity index (χ0n) is 15.6. The Bertz CT molecular complexity index is 810. The van der Waals surface area contributed by atoms with Crippen LogP contribution in [0.3, 0.4) is 0 Å². The molecule has 146 valence electrons. The molecule has 3 rings (SSSR count). The molecule has 2 aromatic rings. The second-order valence-corrected chi connectivity index (χ2v) is 7.33.